The zero-order valence-corrected chi connectivity index (χ0v) is 9.78. The van der Waals surface area contributed by atoms with E-state index in [1.807, 2.05) is 0 Å². The topological polar surface area (TPSA) is 65.9 Å². The number of hydrogen-bond acceptors (Lipinski definition) is 3. The van der Waals surface area contributed by atoms with Crippen molar-refractivity contribution in [2.24, 2.45) is 4.99 Å². The third kappa shape index (κ3) is 3.35. The van der Waals surface area contributed by atoms with Gasteiger partial charge in [-0.25, -0.2) is 0 Å². The molecule has 1 saturated carbocycles. The van der Waals surface area contributed by atoms with E-state index < -0.39 is 0 Å². The summed E-state index contributed by atoms with van der Waals surface area (Å²) in [5.74, 6) is 0.860. The van der Waals surface area contributed by atoms with Gasteiger partial charge in [0.15, 0.2) is 5.96 Å². The standard InChI is InChI=1S/C11H21N3O2/c1-12-11(14-8-2-3-8)13-6-9-4-5-10(7-15)16-9/h8-10,15H,2-7H2,1H3,(H2,12,13,14)/t9-,10+/m1/s1. The molecule has 0 amide bonds. The zero-order valence-electron chi connectivity index (χ0n) is 9.78. The Hall–Kier alpha value is -0.810. The average Bonchev–Trinajstić information content (AvgIpc) is 3.00. The quantitative estimate of drug-likeness (QED) is 0.462. The molecule has 2 fully saturated rings. The average molecular weight is 227 g/mol. The first-order valence-corrected chi connectivity index (χ1v) is 6.05. The maximum atomic E-state index is 8.95. The highest BCUT2D eigenvalue weighted by Crippen LogP contribution is 2.19. The molecule has 1 saturated heterocycles. The molecule has 0 unspecified atom stereocenters. The fourth-order valence-electron chi connectivity index (χ4n) is 1.89. The second kappa shape index (κ2) is 5.50. The molecule has 0 bridgehead atoms. The molecule has 2 atom stereocenters. The smallest absolute Gasteiger partial charge is 0.191 e. The summed E-state index contributed by atoms with van der Waals surface area (Å²) in [5.41, 5.74) is 0. The summed E-state index contributed by atoms with van der Waals surface area (Å²) in [7, 11) is 1.78. The minimum absolute atomic E-state index is 0.0326. The summed E-state index contributed by atoms with van der Waals surface area (Å²) in [5, 5.41) is 15.5. The van der Waals surface area contributed by atoms with Gasteiger partial charge in [0.25, 0.3) is 0 Å². The number of aliphatic hydroxyl groups is 1. The highest BCUT2D eigenvalue weighted by atomic mass is 16.5. The van der Waals surface area contributed by atoms with E-state index in [4.69, 9.17) is 9.84 Å². The predicted octanol–water partition coefficient (Wildman–Crippen LogP) is -0.146. The largest absolute Gasteiger partial charge is 0.394 e. The first-order chi connectivity index (χ1) is 7.81. The minimum atomic E-state index is 0.0326. The molecule has 0 aromatic heterocycles. The monoisotopic (exact) mass is 227 g/mol. The maximum absolute atomic E-state index is 8.95. The van der Waals surface area contributed by atoms with Gasteiger partial charge < -0.3 is 20.5 Å². The Morgan fingerprint density at radius 3 is 2.62 bits per heavy atom. The maximum Gasteiger partial charge on any atom is 0.191 e. The number of hydrogen-bond donors (Lipinski definition) is 3. The van der Waals surface area contributed by atoms with E-state index in [0.29, 0.717) is 6.04 Å². The van der Waals surface area contributed by atoms with Gasteiger partial charge in [0.2, 0.25) is 0 Å². The Labute approximate surface area is 96.3 Å². The third-order valence-corrected chi connectivity index (χ3v) is 3.04. The second-order valence-corrected chi connectivity index (χ2v) is 4.51. The van der Waals surface area contributed by atoms with Crippen LogP contribution in [0.2, 0.25) is 0 Å². The summed E-state index contributed by atoms with van der Waals surface area (Å²) in [4.78, 5) is 4.16. The minimum Gasteiger partial charge on any atom is -0.394 e. The summed E-state index contributed by atoms with van der Waals surface area (Å²) < 4.78 is 5.63. The van der Waals surface area contributed by atoms with Crippen LogP contribution in [0.25, 0.3) is 0 Å². The highest BCUT2D eigenvalue weighted by Gasteiger charge is 2.26. The lowest BCUT2D eigenvalue weighted by Crippen LogP contribution is -2.42. The van der Waals surface area contributed by atoms with E-state index in [1.54, 1.807) is 7.05 Å². The van der Waals surface area contributed by atoms with Gasteiger partial charge in [-0.3, -0.25) is 4.99 Å². The Bertz CT molecular complexity index is 254. The summed E-state index contributed by atoms with van der Waals surface area (Å²) in [6.45, 7) is 0.897. The van der Waals surface area contributed by atoms with Gasteiger partial charge in [-0.15, -0.1) is 0 Å². The fourth-order valence-corrected chi connectivity index (χ4v) is 1.89. The molecule has 2 aliphatic rings. The Morgan fingerprint density at radius 2 is 2.06 bits per heavy atom. The number of rotatable bonds is 4. The normalized spacial score (nSPS) is 30.5. The van der Waals surface area contributed by atoms with Crippen LogP contribution in [0.15, 0.2) is 4.99 Å². The second-order valence-electron chi connectivity index (χ2n) is 4.51. The predicted molar refractivity (Wildman–Crippen MR) is 62.5 cm³/mol. The van der Waals surface area contributed by atoms with E-state index in [1.165, 1.54) is 12.8 Å². The molecule has 1 aliphatic heterocycles. The molecule has 5 heteroatoms. The molecule has 16 heavy (non-hydrogen) atoms. The van der Waals surface area contributed by atoms with Crippen LogP contribution in [0, 0.1) is 0 Å². The van der Waals surface area contributed by atoms with Crippen LogP contribution in [-0.2, 0) is 4.74 Å². The van der Waals surface area contributed by atoms with Crippen LogP contribution in [0.5, 0.6) is 0 Å². The Balaban J connectivity index is 1.65. The van der Waals surface area contributed by atoms with Crippen molar-refractivity contribution in [2.45, 2.75) is 43.9 Å². The molecule has 1 heterocycles. The first kappa shape index (κ1) is 11.7. The van der Waals surface area contributed by atoms with Crippen LogP contribution < -0.4 is 10.6 Å². The summed E-state index contributed by atoms with van der Waals surface area (Å²) in [6.07, 6.45) is 4.69. The molecular weight excluding hydrogens is 206 g/mol. The van der Waals surface area contributed by atoms with Crippen LogP contribution in [0.4, 0.5) is 0 Å². The van der Waals surface area contributed by atoms with Crippen molar-refractivity contribution >= 4 is 5.96 Å². The van der Waals surface area contributed by atoms with Gasteiger partial charge in [-0.2, -0.15) is 0 Å². The Morgan fingerprint density at radius 1 is 1.31 bits per heavy atom. The number of aliphatic imine (C=N–C) groups is 1. The molecule has 92 valence electrons. The van der Waals surface area contributed by atoms with Gasteiger partial charge in [0.1, 0.15) is 0 Å². The van der Waals surface area contributed by atoms with Gasteiger partial charge in [0, 0.05) is 19.6 Å². The van der Waals surface area contributed by atoms with E-state index in [9.17, 15) is 0 Å². The lowest BCUT2D eigenvalue weighted by atomic mass is 10.2. The van der Waals surface area contributed by atoms with Crippen LogP contribution in [0.1, 0.15) is 25.7 Å². The fraction of sp³-hybridized carbons (Fsp3) is 0.909. The Kier molecular flexibility index (Phi) is 4.01. The van der Waals surface area contributed by atoms with Gasteiger partial charge in [-0.05, 0) is 25.7 Å². The van der Waals surface area contributed by atoms with Crippen molar-refractivity contribution in [1.29, 1.82) is 0 Å². The molecule has 0 aromatic rings. The van der Waals surface area contributed by atoms with Crippen molar-refractivity contribution in [3.8, 4) is 0 Å². The van der Waals surface area contributed by atoms with E-state index in [2.05, 4.69) is 15.6 Å². The molecule has 5 nitrogen and oxygen atoms in total. The SMILES string of the molecule is CN=C(NC[C@H]1CC[C@@H](CO)O1)NC1CC1. The van der Waals surface area contributed by atoms with E-state index in [0.717, 1.165) is 25.3 Å². The molecular formula is C11H21N3O2. The lowest BCUT2D eigenvalue weighted by Gasteiger charge is -2.15. The van der Waals surface area contributed by atoms with Crippen molar-refractivity contribution in [3.05, 3.63) is 0 Å². The molecule has 0 spiro atoms. The number of aliphatic hydroxyl groups excluding tert-OH is 1. The van der Waals surface area contributed by atoms with E-state index >= 15 is 0 Å². The van der Waals surface area contributed by atoms with Crippen LogP contribution in [-0.4, -0.2) is 49.5 Å². The number of ether oxygens (including phenoxy) is 1. The zero-order chi connectivity index (χ0) is 11.4. The first-order valence-electron chi connectivity index (χ1n) is 6.05. The molecule has 0 aromatic carbocycles. The van der Waals surface area contributed by atoms with Crippen LogP contribution in [0.3, 0.4) is 0 Å². The number of nitrogens with one attached hydrogen (secondary N) is 2. The number of nitrogens with zero attached hydrogens (tertiary/aromatic N) is 1. The molecule has 3 N–H and O–H groups in total. The van der Waals surface area contributed by atoms with Crippen molar-refractivity contribution in [1.82, 2.24) is 10.6 Å². The molecule has 0 radical (unpaired) electrons. The van der Waals surface area contributed by atoms with E-state index in [-0.39, 0.29) is 18.8 Å². The number of guanidine groups is 1. The van der Waals surface area contributed by atoms with Gasteiger partial charge in [0.05, 0.1) is 18.8 Å². The van der Waals surface area contributed by atoms with Crippen molar-refractivity contribution in [2.75, 3.05) is 20.2 Å². The third-order valence-electron chi connectivity index (χ3n) is 3.04. The summed E-state index contributed by atoms with van der Waals surface area (Å²) in [6, 6.07) is 0.612. The summed E-state index contributed by atoms with van der Waals surface area (Å²) >= 11 is 0. The van der Waals surface area contributed by atoms with Gasteiger partial charge in [-0.1, -0.05) is 0 Å². The molecule has 2 rings (SSSR count). The van der Waals surface area contributed by atoms with Gasteiger partial charge >= 0.3 is 0 Å². The highest BCUT2D eigenvalue weighted by molar-refractivity contribution is 5.80. The lowest BCUT2D eigenvalue weighted by molar-refractivity contribution is 0.0140. The van der Waals surface area contributed by atoms with Crippen molar-refractivity contribution in [3.63, 3.8) is 0 Å². The van der Waals surface area contributed by atoms with Crippen LogP contribution >= 0.6 is 0 Å². The molecule has 1 aliphatic carbocycles. The van der Waals surface area contributed by atoms with Crippen molar-refractivity contribution < 1.29 is 9.84 Å².